The predicted molar refractivity (Wildman–Crippen MR) is 162 cm³/mol. The fourth-order valence-electron chi connectivity index (χ4n) is 7.44. The van der Waals surface area contributed by atoms with Crippen LogP contribution in [0.1, 0.15) is 52.5 Å². The first-order valence-corrected chi connectivity index (χ1v) is 15.3. The summed E-state index contributed by atoms with van der Waals surface area (Å²) in [6, 6.07) is 4.17. The summed E-state index contributed by atoms with van der Waals surface area (Å²) in [6.45, 7) is 7.02. The van der Waals surface area contributed by atoms with E-state index in [-0.39, 0.29) is 30.8 Å². The average Bonchev–Trinajstić information content (AvgIpc) is 3.32. The van der Waals surface area contributed by atoms with E-state index in [4.69, 9.17) is 37.2 Å². The third kappa shape index (κ3) is 5.48. The van der Waals surface area contributed by atoms with E-state index in [0.29, 0.717) is 28.3 Å². The van der Waals surface area contributed by atoms with Gasteiger partial charge < -0.3 is 24.5 Å². The Bertz CT molecular complexity index is 1400. The van der Waals surface area contributed by atoms with Crippen LogP contribution in [0.25, 0.3) is 0 Å². The molecule has 2 heterocycles. The standard InChI is InChI=1S/C32H40ClN3O8/c1-7-13-41-34-16-18(3)21-12-11-19(4)32(40)23(21)14-17(2)27(42-20(5)37)28(32)43-29(38)25-15-31(39)22-9-8-10-24(33)26(22)36(6)44-30(31)35-25/h1,8-10,14,16,18-19,21,23,25,27-28,30,35,39-40H,11-13,15H2,2-6H3/b34-16+/t18?,19-,21+,23-,25+,27-,28+,30-,31-,32-/m1/s1. The van der Waals surface area contributed by atoms with E-state index in [1.165, 1.54) is 12.0 Å². The van der Waals surface area contributed by atoms with Crippen molar-refractivity contribution in [2.24, 2.45) is 28.8 Å². The van der Waals surface area contributed by atoms with E-state index in [1.807, 2.05) is 19.9 Å². The number of halogens is 1. The maximum absolute atomic E-state index is 13.9. The van der Waals surface area contributed by atoms with Crippen molar-refractivity contribution in [3.63, 3.8) is 0 Å². The van der Waals surface area contributed by atoms with E-state index in [2.05, 4.69) is 16.4 Å². The molecule has 5 rings (SSSR count). The smallest absolute Gasteiger partial charge is 0.323 e. The quantitative estimate of drug-likeness (QED) is 0.103. The zero-order valence-corrected chi connectivity index (χ0v) is 26.3. The third-order valence-corrected chi connectivity index (χ3v) is 9.99. The van der Waals surface area contributed by atoms with Crippen molar-refractivity contribution < 1.29 is 39.0 Å². The minimum Gasteiger partial charge on any atom is -0.454 e. The highest BCUT2D eigenvalue weighted by atomic mass is 35.5. The summed E-state index contributed by atoms with van der Waals surface area (Å²) in [5, 5.41) is 33.3. The van der Waals surface area contributed by atoms with Crippen LogP contribution in [0.15, 0.2) is 35.0 Å². The second-order valence-electron chi connectivity index (χ2n) is 12.4. The van der Waals surface area contributed by atoms with Crippen LogP contribution in [0.5, 0.6) is 0 Å². The number of esters is 2. The number of hydrogen-bond acceptors (Lipinski definition) is 11. The Balaban J connectivity index is 1.45. The van der Waals surface area contributed by atoms with Gasteiger partial charge in [0, 0.05) is 38.1 Å². The Kier molecular flexibility index (Phi) is 9.04. The van der Waals surface area contributed by atoms with Crippen LogP contribution in [-0.4, -0.2) is 72.1 Å². The van der Waals surface area contributed by atoms with Crippen molar-refractivity contribution >= 4 is 35.4 Å². The number of para-hydroxylation sites is 1. The monoisotopic (exact) mass is 629 g/mol. The molecule has 0 aromatic heterocycles. The van der Waals surface area contributed by atoms with Crippen molar-refractivity contribution in [1.82, 2.24) is 5.32 Å². The highest BCUT2D eigenvalue weighted by Gasteiger charge is 2.62. The van der Waals surface area contributed by atoms with Crippen LogP contribution in [-0.2, 0) is 34.3 Å². The van der Waals surface area contributed by atoms with Crippen molar-refractivity contribution in [2.75, 3.05) is 18.7 Å². The molecular formula is C32H40ClN3O8. The predicted octanol–water partition coefficient (Wildman–Crippen LogP) is 3.07. The molecule has 44 heavy (non-hydrogen) atoms. The molecule has 0 amide bonds. The number of carbonyl (C=O) groups is 2. The number of oxime groups is 1. The molecule has 0 bridgehead atoms. The van der Waals surface area contributed by atoms with E-state index in [1.54, 1.807) is 38.4 Å². The van der Waals surface area contributed by atoms with Crippen molar-refractivity contribution in [1.29, 1.82) is 0 Å². The number of nitrogens with zero attached hydrogens (tertiary/aromatic N) is 2. The van der Waals surface area contributed by atoms with Crippen LogP contribution >= 0.6 is 11.6 Å². The van der Waals surface area contributed by atoms with Gasteiger partial charge in [-0.2, -0.15) is 0 Å². The zero-order chi connectivity index (χ0) is 32.0. The van der Waals surface area contributed by atoms with Gasteiger partial charge in [0.25, 0.3) is 0 Å². The van der Waals surface area contributed by atoms with Gasteiger partial charge in [0.2, 0.25) is 0 Å². The highest BCUT2D eigenvalue weighted by molar-refractivity contribution is 6.33. The summed E-state index contributed by atoms with van der Waals surface area (Å²) in [4.78, 5) is 37.2. The summed E-state index contributed by atoms with van der Waals surface area (Å²) in [7, 11) is 1.67. The molecule has 1 saturated heterocycles. The lowest BCUT2D eigenvalue weighted by Crippen LogP contribution is -2.66. The molecular weight excluding hydrogens is 590 g/mol. The molecule has 11 nitrogen and oxygen atoms in total. The number of terminal acetylenes is 1. The molecule has 2 fully saturated rings. The van der Waals surface area contributed by atoms with Crippen LogP contribution < -0.4 is 10.4 Å². The summed E-state index contributed by atoms with van der Waals surface area (Å²) in [6.07, 6.45) is 7.03. The SMILES string of the molecule is C#CCO/N=C/C(C)[C@@H]1CC[C@@H](C)[C@@]2(O)[C@@H]1C=C(C)[C@@H](OC(C)=O)[C@@H]2OC(=O)[C@@H]1C[C@@]2(O)c3cccc(Cl)c3N(C)O[C@H]2N1. The second-order valence-corrected chi connectivity index (χ2v) is 12.8. The maximum Gasteiger partial charge on any atom is 0.323 e. The first-order valence-electron chi connectivity index (χ1n) is 14.9. The lowest BCUT2D eigenvalue weighted by molar-refractivity contribution is -0.224. The van der Waals surface area contributed by atoms with Gasteiger partial charge in [-0.15, -0.1) is 6.42 Å². The van der Waals surface area contributed by atoms with E-state index < -0.39 is 53.5 Å². The number of anilines is 1. The highest BCUT2D eigenvalue weighted by Crippen LogP contribution is 2.53. The Morgan fingerprint density at radius 3 is 2.80 bits per heavy atom. The molecule has 2 aliphatic carbocycles. The Morgan fingerprint density at radius 1 is 1.34 bits per heavy atom. The molecule has 1 unspecified atom stereocenters. The zero-order valence-electron chi connectivity index (χ0n) is 25.5. The molecule has 1 saturated carbocycles. The number of benzene rings is 1. The number of fused-ring (bicyclic) bond motifs is 4. The van der Waals surface area contributed by atoms with Gasteiger partial charge in [-0.1, -0.05) is 54.7 Å². The Hall–Kier alpha value is -3.14. The first-order chi connectivity index (χ1) is 20.8. The van der Waals surface area contributed by atoms with Gasteiger partial charge in [-0.3, -0.25) is 24.8 Å². The Labute approximate surface area is 262 Å². The number of ether oxygens (including phenoxy) is 2. The first kappa shape index (κ1) is 32.3. The second kappa shape index (κ2) is 12.3. The Morgan fingerprint density at radius 2 is 2.09 bits per heavy atom. The molecule has 0 radical (unpaired) electrons. The number of hydrogen-bond donors (Lipinski definition) is 3. The fourth-order valence-corrected chi connectivity index (χ4v) is 7.73. The topological polar surface area (TPSA) is 139 Å². The van der Waals surface area contributed by atoms with Crippen molar-refractivity contribution in [2.45, 2.75) is 82.6 Å². The van der Waals surface area contributed by atoms with Gasteiger partial charge in [-0.05, 0) is 49.2 Å². The number of nitrogens with one attached hydrogen (secondary N) is 1. The normalized spacial score (nSPS) is 36.8. The van der Waals surface area contributed by atoms with Crippen molar-refractivity contribution in [3.8, 4) is 12.3 Å². The number of hydroxylamine groups is 1. The van der Waals surface area contributed by atoms with E-state index in [0.717, 1.165) is 6.42 Å². The fraction of sp³-hybridized carbons (Fsp3) is 0.594. The van der Waals surface area contributed by atoms with Crippen LogP contribution in [0.3, 0.4) is 0 Å². The van der Waals surface area contributed by atoms with Gasteiger partial charge in [0.05, 0.1) is 10.7 Å². The molecule has 10 atom stereocenters. The lowest BCUT2D eigenvalue weighted by atomic mass is 9.56. The minimum atomic E-state index is -1.58. The van der Waals surface area contributed by atoms with Crippen LogP contribution in [0.4, 0.5) is 5.69 Å². The van der Waals surface area contributed by atoms with Gasteiger partial charge in [-0.25, -0.2) is 0 Å². The van der Waals surface area contributed by atoms with Crippen molar-refractivity contribution in [3.05, 3.63) is 40.4 Å². The third-order valence-electron chi connectivity index (χ3n) is 9.69. The number of aliphatic hydroxyl groups is 2. The number of carbonyl (C=O) groups excluding carboxylic acids is 2. The molecule has 12 heteroatoms. The lowest BCUT2D eigenvalue weighted by Gasteiger charge is -2.55. The largest absolute Gasteiger partial charge is 0.454 e. The summed E-state index contributed by atoms with van der Waals surface area (Å²) in [5.74, 6) is 0.144. The average molecular weight is 630 g/mol. The molecule has 2 aliphatic heterocycles. The molecule has 1 aromatic carbocycles. The molecule has 3 N–H and O–H groups in total. The van der Waals surface area contributed by atoms with Gasteiger partial charge in [0.15, 0.2) is 25.0 Å². The van der Waals surface area contributed by atoms with Crippen LogP contribution in [0, 0.1) is 36.0 Å². The molecule has 1 aromatic rings. The summed E-state index contributed by atoms with van der Waals surface area (Å²) in [5.41, 5.74) is -1.45. The molecule has 4 aliphatic rings. The summed E-state index contributed by atoms with van der Waals surface area (Å²) >= 11 is 6.42. The van der Waals surface area contributed by atoms with Crippen LogP contribution in [0.2, 0.25) is 5.02 Å². The number of rotatable bonds is 7. The van der Waals surface area contributed by atoms with Gasteiger partial charge in [0.1, 0.15) is 17.2 Å². The summed E-state index contributed by atoms with van der Waals surface area (Å²) < 4.78 is 11.9. The maximum atomic E-state index is 13.9. The molecule has 238 valence electrons. The minimum absolute atomic E-state index is 0.0462. The van der Waals surface area contributed by atoms with E-state index >= 15 is 0 Å². The van der Waals surface area contributed by atoms with E-state index in [9.17, 15) is 19.8 Å². The van der Waals surface area contributed by atoms with Gasteiger partial charge >= 0.3 is 11.9 Å². The molecule has 0 spiro atoms.